The third-order valence-electron chi connectivity index (χ3n) is 1.89. The largest absolute Gasteiger partial charge is 0.478 e. The van der Waals surface area contributed by atoms with Crippen molar-refractivity contribution >= 4 is 38.9 Å². The Morgan fingerprint density at radius 2 is 2.20 bits per heavy atom. The number of carbonyl (C=O) groups is 1. The molecule has 0 atom stereocenters. The number of furan rings is 1. The summed E-state index contributed by atoms with van der Waals surface area (Å²) in [5.74, 6) is -0.456. The van der Waals surface area contributed by atoms with Crippen LogP contribution in [0, 0.1) is 0 Å². The van der Waals surface area contributed by atoms with E-state index in [1.54, 1.807) is 6.07 Å². The average molecular weight is 267 g/mol. The molecule has 0 spiro atoms. The lowest BCUT2D eigenvalue weighted by molar-refractivity contribution is -0.131. The van der Waals surface area contributed by atoms with E-state index in [0.29, 0.717) is 5.76 Å². The Balaban J connectivity index is 2.43. The van der Waals surface area contributed by atoms with Gasteiger partial charge in [0.05, 0.1) is 0 Å². The zero-order valence-electron chi connectivity index (χ0n) is 7.61. The molecule has 1 N–H and O–H groups in total. The zero-order valence-corrected chi connectivity index (χ0v) is 9.19. The van der Waals surface area contributed by atoms with Crippen LogP contribution in [0.3, 0.4) is 0 Å². The van der Waals surface area contributed by atoms with E-state index in [9.17, 15) is 4.79 Å². The number of hydrogen-bond donors (Lipinski definition) is 1. The number of carboxylic acid groups (broad SMARTS) is 1. The van der Waals surface area contributed by atoms with Crippen LogP contribution in [0.5, 0.6) is 0 Å². The Bertz CT molecular complexity index is 540. The highest BCUT2D eigenvalue weighted by Crippen LogP contribution is 2.23. The quantitative estimate of drug-likeness (QED) is 0.849. The second-order valence-corrected chi connectivity index (χ2v) is 3.92. The highest BCUT2D eigenvalue weighted by molar-refractivity contribution is 9.10. The molecule has 0 aliphatic carbocycles. The first-order valence-electron chi connectivity index (χ1n) is 4.25. The standard InChI is InChI=1S/C11H7BrO3/c12-8-1-3-10-7(5-8)6-9(15-10)2-4-11(13)14/h1-6H,(H,13,14). The van der Waals surface area contributed by atoms with Crippen LogP contribution in [0.2, 0.25) is 0 Å². The molecule has 1 aromatic heterocycles. The third kappa shape index (κ3) is 2.27. The average Bonchev–Trinajstić information content (AvgIpc) is 2.56. The van der Waals surface area contributed by atoms with Crippen molar-refractivity contribution in [2.75, 3.05) is 0 Å². The summed E-state index contributed by atoms with van der Waals surface area (Å²) in [6.45, 7) is 0. The van der Waals surface area contributed by atoms with Crippen molar-refractivity contribution in [3.63, 3.8) is 0 Å². The van der Waals surface area contributed by atoms with Crippen molar-refractivity contribution < 1.29 is 14.3 Å². The molecular weight excluding hydrogens is 260 g/mol. The number of halogens is 1. The van der Waals surface area contributed by atoms with Crippen LogP contribution in [0.15, 0.2) is 39.2 Å². The third-order valence-corrected chi connectivity index (χ3v) is 2.38. The monoisotopic (exact) mass is 266 g/mol. The molecule has 2 rings (SSSR count). The van der Waals surface area contributed by atoms with Crippen LogP contribution >= 0.6 is 15.9 Å². The summed E-state index contributed by atoms with van der Waals surface area (Å²) < 4.78 is 6.37. The van der Waals surface area contributed by atoms with E-state index in [1.165, 1.54) is 6.08 Å². The number of carboxylic acids is 1. The van der Waals surface area contributed by atoms with Gasteiger partial charge in [0.2, 0.25) is 0 Å². The fourth-order valence-electron chi connectivity index (χ4n) is 1.27. The van der Waals surface area contributed by atoms with Crippen LogP contribution in [-0.4, -0.2) is 11.1 Å². The first-order chi connectivity index (χ1) is 7.15. The van der Waals surface area contributed by atoms with Gasteiger partial charge in [-0.15, -0.1) is 0 Å². The fraction of sp³-hybridized carbons (Fsp3) is 0. The number of aliphatic carboxylic acids is 1. The van der Waals surface area contributed by atoms with Gasteiger partial charge in [-0.1, -0.05) is 15.9 Å². The van der Waals surface area contributed by atoms with E-state index in [0.717, 1.165) is 21.5 Å². The molecule has 4 heteroatoms. The molecule has 0 saturated heterocycles. The van der Waals surface area contributed by atoms with Gasteiger partial charge in [-0.05, 0) is 30.3 Å². The maximum absolute atomic E-state index is 10.3. The molecule has 0 unspecified atom stereocenters. The minimum absolute atomic E-state index is 0.533. The normalized spacial score (nSPS) is 11.3. The topological polar surface area (TPSA) is 50.4 Å². The smallest absolute Gasteiger partial charge is 0.328 e. The van der Waals surface area contributed by atoms with E-state index in [-0.39, 0.29) is 0 Å². The summed E-state index contributed by atoms with van der Waals surface area (Å²) in [5, 5.41) is 9.40. The van der Waals surface area contributed by atoms with Crippen molar-refractivity contribution in [1.29, 1.82) is 0 Å². The summed E-state index contributed by atoms with van der Waals surface area (Å²) in [6, 6.07) is 7.41. The molecule has 15 heavy (non-hydrogen) atoms. The van der Waals surface area contributed by atoms with Gasteiger partial charge in [0.25, 0.3) is 0 Å². The molecule has 0 fully saturated rings. The lowest BCUT2D eigenvalue weighted by Gasteiger charge is -1.87. The predicted octanol–water partition coefficient (Wildman–Crippen LogP) is 3.29. The van der Waals surface area contributed by atoms with Gasteiger partial charge in [-0.25, -0.2) is 4.79 Å². The predicted molar refractivity (Wildman–Crippen MR) is 60.6 cm³/mol. The minimum Gasteiger partial charge on any atom is -0.478 e. The van der Waals surface area contributed by atoms with E-state index in [4.69, 9.17) is 9.52 Å². The van der Waals surface area contributed by atoms with E-state index in [1.807, 2.05) is 18.2 Å². The Morgan fingerprint density at radius 3 is 2.93 bits per heavy atom. The Kier molecular flexibility index (Phi) is 2.60. The molecule has 0 amide bonds. The van der Waals surface area contributed by atoms with Gasteiger partial charge in [0.15, 0.2) is 0 Å². The number of fused-ring (bicyclic) bond motifs is 1. The SMILES string of the molecule is O=C(O)C=Cc1cc2cc(Br)ccc2o1. The number of rotatable bonds is 2. The van der Waals surface area contributed by atoms with Crippen LogP contribution in [-0.2, 0) is 4.79 Å². The van der Waals surface area contributed by atoms with Gasteiger partial charge in [-0.2, -0.15) is 0 Å². The first-order valence-corrected chi connectivity index (χ1v) is 5.04. The maximum atomic E-state index is 10.3. The molecule has 0 radical (unpaired) electrons. The molecule has 2 aromatic rings. The molecule has 1 aromatic carbocycles. The summed E-state index contributed by atoms with van der Waals surface area (Å²) in [6.07, 6.45) is 2.48. The van der Waals surface area contributed by atoms with Crippen LogP contribution in [0.25, 0.3) is 17.0 Å². The van der Waals surface area contributed by atoms with E-state index >= 15 is 0 Å². The Labute approximate surface area is 94.1 Å². The Hall–Kier alpha value is -1.55. The van der Waals surface area contributed by atoms with Crippen molar-refractivity contribution in [2.24, 2.45) is 0 Å². The fourth-order valence-corrected chi connectivity index (χ4v) is 1.65. The Morgan fingerprint density at radius 1 is 1.40 bits per heavy atom. The van der Waals surface area contributed by atoms with Crippen LogP contribution in [0.4, 0.5) is 0 Å². The number of hydrogen-bond acceptors (Lipinski definition) is 2. The first kappa shape index (κ1) is 9.98. The van der Waals surface area contributed by atoms with Gasteiger partial charge in [-0.3, -0.25) is 0 Å². The summed E-state index contributed by atoms with van der Waals surface area (Å²) >= 11 is 3.35. The molecule has 76 valence electrons. The maximum Gasteiger partial charge on any atom is 0.328 e. The van der Waals surface area contributed by atoms with Crippen molar-refractivity contribution in [1.82, 2.24) is 0 Å². The lowest BCUT2D eigenvalue weighted by atomic mass is 10.2. The molecular formula is C11H7BrO3. The highest BCUT2D eigenvalue weighted by Gasteiger charge is 2.01. The van der Waals surface area contributed by atoms with Gasteiger partial charge < -0.3 is 9.52 Å². The molecule has 0 aliphatic rings. The van der Waals surface area contributed by atoms with Crippen LogP contribution < -0.4 is 0 Å². The van der Waals surface area contributed by atoms with Crippen LogP contribution in [0.1, 0.15) is 5.76 Å². The second kappa shape index (κ2) is 3.90. The molecule has 0 saturated carbocycles. The van der Waals surface area contributed by atoms with Gasteiger partial charge in [0, 0.05) is 15.9 Å². The minimum atomic E-state index is -0.989. The highest BCUT2D eigenvalue weighted by atomic mass is 79.9. The summed E-state index contributed by atoms with van der Waals surface area (Å²) in [5.41, 5.74) is 0.739. The zero-order chi connectivity index (χ0) is 10.8. The molecule has 1 heterocycles. The number of benzene rings is 1. The summed E-state index contributed by atoms with van der Waals surface area (Å²) in [7, 11) is 0. The van der Waals surface area contributed by atoms with Crippen molar-refractivity contribution in [3.05, 3.63) is 40.6 Å². The van der Waals surface area contributed by atoms with E-state index in [2.05, 4.69) is 15.9 Å². The molecule has 0 aliphatic heterocycles. The van der Waals surface area contributed by atoms with Gasteiger partial charge in [0.1, 0.15) is 11.3 Å². The second-order valence-electron chi connectivity index (χ2n) is 3.00. The molecule has 3 nitrogen and oxygen atoms in total. The van der Waals surface area contributed by atoms with Gasteiger partial charge >= 0.3 is 5.97 Å². The van der Waals surface area contributed by atoms with Crippen molar-refractivity contribution in [3.8, 4) is 0 Å². The van der Waals surface area contributed by atoms with Crippen molar-refractivity contribution in [2.45, 2.75) is 0 Å². The van der Waals surface area contributed by atoms with E-state index < -0.39 is 5.97 Å². The summed E-state index contributed by atoms with van der Waals surface area (Å²) in [4.78, 5) is 10.3. The molecule has 0 bridgehead atoms. The lowest BCUT2D eigenvalue weighted by Crippen LogP contribution is -1.84.